The Balaban J connectivity index is 0.000000287. The van der Waals surface area contributed by atoms with Crippen LogP contribution in [0.15, 0.2) is 76.4 Å². The first kappa shape index (κ1) is 27.3. The lowest BCUT2D eigenvalue weighted by molar-refractivity contribution is 0.182. The predicted octanol–water partition coefficient (Wildman–Crippen LogP) is 5.81. The summed E-state index contributed by atoms with van der Waals surface area (Å²) in [4.78, 5) is 13.4. The first-order chi connectivity index (χ1) is 16.5. The summed E-state index contributed by atoms with van der Waals surface area (Å²) in [5, 5.41) is 2.91. The molecule has 6 heteroatoms. The molecule has 0 aliphatic carbocycles. The van der Waals surface area contributed by atoms with Gasteiger partial charge in [0.2, 0.25) is 0 Å². The number of anilines is 1. The Hall–Kier alpha value is -2.99. The average molecular weight is 466 g/mol. The fourth-order valence-electron chi connectivity index (χ4n) is 3.64. The molecule has 1 aliphatic rings. The third-order valence-electron chi connectivity index (χ3n) is 5.53. The van der Waals surface area contributed by atoms with Crippen molar-refractivity contribution in [2.75, 3.05) is 45.1 Å². The molecule has 34 heavy (non-hydrogen) atoms. The van der Waals surface area contributed by atoms with Crippen LogP contribution in [0.1, 0.15) is 38.3 Å². The van der Waals surface area contributed by atoms with Crippen molar-refractivity contribution in [3.63, 3.8) is 0 Å². The number of benzene rings is 2. The number of alkyl halides is 1. The maximum Gasteiger partial charge on any atom is 0.115 e. The van der Waals surface area contributed by atoms with Crippen molar-refractivity contribution in [3.05, 3.63) is 77.5 Å². The highest BCUT2D eigenvalue weighted by Gasteiger charge is 2.18. The van der Waals surface area contributed by atoms with Gasteiger partial charge in [0.05, 0.1) is 6.34 Å². The molecule has 1 heterocycles. The molecule has 1 fully saturated rings. The Morgan fingerprint density at radius 2 is 1.71 bits per heavy atom. The van der Waals surface area contributed by atoms with Crippen LogP contribution in [0.25, 0.3) is 0 Å². The highest BCUT2D eigenvalue weighted by atomic mass is 19.1. The zero-order chi connectivity index (χ0) is 24.6. The summed E-state index contributed by atoms with van der Waals surface area (Å²) in [5.41, 5.74) is 4.22. The minimum Gasteiger partial charge on any atom is -0.358 e. The SMILES string of the molecule is CCC(=NC=C(C)C)N1CCN(CCc2ccccc2)CC1.CN=CNc1cccc(CF)c1. The highest BCUT2D eigenvalue weighted by Crippen LogP contribution is 2.10. The topological polar surface area (TPSA) is 43.2 Å². The predicted molar refractivity (Wildman–Crippen MR) is 145 cm³/mol. The van der Waals surface area contributed by atoms with E-state index in [1.54, 1.807) is 31.6 Å². The maximum atomic E-state index is 12.2. The lowest BCUT2D eigenvalue weighted by Crippen LogP contribution is -2.49. The summed E-state index contributed by atoms with van der Waals surface area (Å²) in [6.45, 7) is 11.6. The molecule has 1 saturated heterocycles. The van der Waals surface area contributed by atoms with E-state index in [9.17, 15) is 4.39 Å². The molecular formula is C28H40FN5. The Morgan fingerprint density at radius 3 is 2.32 bits per heavy atom. The summed E-state index contributed by atoms with van der Waals surface area (Å²) < 4.78 is 12.2. The minimum absolute atomic E-state index is 0.432. The largest absolute Gasteiger partial charge is 0.358 e. The van der Waals surface area contributed by atoms with Gasteiger partial charge in [-0.15, -0.1) is 0 Å². The molecule has 0 saturated carbocycles. The van der Waals surface area contributed by atoms with E-state index in [-0.39, 0.29) is 0 Å². The number of allylic oxidation sites excluding steroid dienone is 1. The molecule has 0 unspecified atom stereocenters. The minimum atomic E-state index is -0.432. The van der Waals surface area contributed by atoms with Crippen LogP contribution in [-0.4, -0.2) is 61.7 Å². The van der Waals surface area contributed by atoms with E-state index < -0.39 is 6.67 Å². The number of aliphatic imine (C=N–C) groups is 2. The fraction of sp³-hybridized carbons (Fsp3) is 0.429. The average Bonchev–Trinajstić information content (AvgIpc) is 2.88. The Morgan fingerprint density at radius 1 is 1.00 bits per heavy atom. The van der Waals surface area contributed by atoms with Gasteiger partial charge < -0.3 is 10.2 Å². The molecule has 0 aromatic heterocycles. The zero-order valence-electron chi connectivity index (χ0n) is 21.2. The number of hydrogen-bond donors (Lipinski definition) is 1. The van der Waals surface area contributed by atoms with Crippen LogP contribution in [0.4, 0.5) is 10.1 Å². The molecule has 0 atom stereocenters. The van der Waals surface area contributed by atoms with Gasteiger partial charge in [0.15, 0.2) is 0 Å². The molecule has 184 valence electrons. The van der Waals surface area contributed by atoms with Gasteiger partial charge in [0, 0.05) is 58.1 Å². The van der Waals surface area contributed by atoms with Gasteiger partial charge in [0.1, 0.15) is 12.5 Å². The fourth-order valence-corrected chi connectivity index (χ4v) is 3.64. The van der Waals surface area contributed by atoms with E-state index in [1.807, 2.05) is 12.3 Å². The third-order valence-corrected chi connectivity index (χ3v) is 5.53. The van der Waals surface area contributed by atoms with Gasteiger partial charge in [0.25, 0.3) is 0 Å². The molecule has 0 amide bonds. The molecule has 3 rings (SSSR count). The number of rotatable bonds is 8. The van der Waals surface area contributed by atoms with E-state index in [0.717, 1.165) is 51.3 Å². The monoisotopic (exact) mass is 465 g/mol. The Kier molecular flexibility index (Phi) is 12.6. The number of halogens is 1. The van der Waals surface area contributed by atoms with Crippen LogP contribution < -0.4 is 5.32 Å². The van der Waals surface area contributed by atoms with E-state index in [1.165, 1.54) is 17.0 Å². The first-order valence-electron chi connectivity index (χ1n) is 12.1. The van der Waals surface area contributed by atoms with Gasteiger partial charge in [-0.3, -0.25) is 9.89 Å². The second-order valence-corrected chi connectivity index (χ2v) is 8.54. The van der Waals surface area contributed by atoms with Crippen molar-refractivity contribution in [1.82, 2.24) is 9.80 Å². The van der Waals surface area contributed by atoms with Crippen LogP contribution in [0, 0.1) is 0 Å². The Labute approximate surface area is 205 Å². The van der Waals surface area contributed by atoms with Crippen molar-refractivity contribution in [1.29, 1.82) is 0 Å². The van der Waals surface area contributed by atoms with Crippen molar-refractivity contribution in [2.24, 2.45) is 9.98 Å². The highest BCUT2D eigenvalue weighted by molar-refractivity contribution is 5.82. The quantitative estimate of drug-likeness (QED) is 0.395. The number of piperazine rings is 1. The van der Waals surface area contributed by atoms with E-state index >= 15 is 0 Å². The number of nitrogens with zero attached hydrogens (tertiary/aromatic N) is 4. The number of hydrogen-bond acceptors (Lipinski definition) is 3. The van der Waals surface area contributed by atoms with Gasteiger partial charge >= 0.3 is 0 Å². The maximum absolute atomic E-state index is 12.2. The molecule has 1 aliphatic heterocycles. The van der Waals surface area contributed by atoms with E-state index in [2.05, 4.69) is 76.2 Å². The molecule has 5 nitrogen and oxygen atoms in total. The van der Waals surface area contributed by atoms with Crippen LogP contribution in [0.2, 0.25) is 0 Å². The molecule has 2 aromatic rings. The summed E-state index contributed by atoms with van der Waals surface area (Å²) in [6, 6.07) is 17.9. The third kappa shape index (κ3) is 10.3. The van der Waals surface area contributed by atoms with Crippen LogP contribution >= 0.6 is 0 Å². The first-order valence-corrected chi connectivity index (χ1v) is 12.1. The van der Waals surface area contributed by atoms with Crippen molar-refractivity contribution in [2.45, 2.75) is 40.3 Å². The van der Waals surface area contributed by atoms with Crippen molar-refractivity contribution in [3.8, 4) is 0 Å². The molecule has 2 aromatic carbocycles. The second-order valence-electron chi connectivity index (χ2n) is 8.54. The van der Waals surface area contributed by atoms with Gasteiger partial charge in [-0.25, -0.2) is 9.38 Å². The molecule has 0 spiro atoms. The number of amidine groups is 1. The molecule has 0 bridgehead atoms. The van der Waals surface area contributed by atoms with Gasteiger partial charge in [-0.05, 0) is 43.5 Å². The standard InChI is InChI=1S/C19H29N3.C9H11FN2/c1-4-19(20-16-17(2)3)22-14-12-21(13-15-22)11-10-18-8-6-5-7-9-18;1-11-7-12-9-4-2-3-8(5-9)6-10/h5-9,16H,4,10-15H2,1-3H3;2-5,7H,6H2,1H3,(H,11,12). The van der Waals surface area contributed by atoms with Crippen LogP contribution in [0.3, 0.4) is 0 Å². The van der Waals surface area contributed by atoms with Crippen molar-refractivity contribution >= 4 is 17.9 Å². The van der Waals surface area contributed by atoms with Crippen molar-refractivity contribution < 1.29 is 4.39 Å². The van der Waals surface area contributed by atoms with Gasteiger partial charge in [-0.2, -0.15) is 0 Å². The van der Waals surface area contributed by atoms with Gasteiger partial charge in [-0.1, -0.05) is 55.0 Å². The van der Waals surface area contributed by atoms with E-state index in [0.29, 0.717) is 5.56 Å². The number of nitrogens with one attached hydrogen (secondary N) is 1. The lowest BCUT2D eigenvalue weighted by atomic mass is 10.1. The summed E-state index contributed by atoms with van der Waals surface area (Å²) in [7, 11) is 1.67. The molecule has 0 radical (unpaired) electrons. The zero-order valence-corrected chi connectivity index (χ0v) is 21.2. The summed E-state index contributed by atoms with van der Waals surface area (Å²) in [6.07, 6.45) is 5.71. The Bertz CT molecular complexity index is 911. The molecular weight excluding hydrogens is 425 g/mol. The smallest absolute Gasteiger partial charge is 0.115 e. The normalized spacial score (nSPS) is 14.5. The summed E-state index contributed by atoms with van der Waals surface area (Å²) >= 11 is 0. The van der Waals surface area contributed by atoms with E-state index in [4.69, 9.17) is 0 Å². The second kappa shape index (κ2) is 15.8. The van der Waals surface area contributed by atoms with Crippen LogP contribution in [-0.2, 0) is 13.1 Å². The lowest BCUT2D eigenvalue weighted by Gasteiger charge is -2.36. The molecule has 1 N–H and O–H groups in total. The summed E-state index contributed by atoms with van der Waals surface area (Å²) in [5.74, 6) is 1.23. The van der Waals surface area contributed by atoms with Crippen LogP contribution in [0.5, 0.6) is 0 Å².